The van der Waals surface area contributed by atoms with Gasteiger partial charge in [0.1, 0.15) is 5.78 Å². The van der Waals surface area contributed by atoms with Crippen LogP contribution in [0.4, 0.5) is 5.69 Å². The van der Waals surface area contributed by atoms with Gasteiger partial charge in [-0.3, -0.25) is 14.7 Å². The zero-order chi connectivity index (χ0) is 13.1. The molecular formula is C9H13N2O5P. The standard InChI is InChI=1S/C9H13N2O5P/c1-15-17(14,16-2)9(10)7-5-3-4-6-8(7)11(12)13/h3-6,9H,10H2,1-2H3. The summed E-state index contributed by atoms with van der Waals surface area (Å²) in [6, 6.07) is 5.77. The molecule has 1 rings (SSSR count). The van der Waals surface area contributed by atoms with Gasteiger partial charge in [0.05, 0.1) is 10.5 Å². The first-order chi connectivity index (χ1) is 7.96. The maximum atomic E-state index is 12.0. The van der Waals surface area contributed by atoms with E-state index in [9.17, 15) is 14.7 Å². The van der Waals surface area contributed by atoms with Crippen molar-refractivity contribution < 1.29 is 18.5 Å². The van der Waals surface area contributed by atoms with Crippen LogP contribution in [0.2, 0.25) is 0 Å². The molecule has 8 heteroatoms. The van der Waals surface area contributed by atoms with Gasteiger partial charge in [-0.25, -0.2) is 0 Å². The summed E-state index contributed by atoms with van der Waals surface area (Å²) in [6.45, 7) is 0. The van der Waals surface area contributed by atoms with Crippen molar-refractivity contribution in [3.63, 3.8) is 0 Å². The van der Waals surface area contributed by atoms with Crippen molar-refractivity contribution in [3.8, 4) is 0 Å². The molecule has 0 spiro atoms. The number of nitrogens with zero attached hydrogens (tertiary/aromatic N) is 1. The number of rotatable bonds is 5. The molecule has 0 heterocycles. The van der Waals surface area contributed by atoms with Crippen molar-refractivity contribution in [3.05, 3.63) is 39.9 Å². The first-order valence-electron chi connectivity index (χ1n) is 4.66. The lowest BCUT2D eigenvalue weighted by molar-refractivity contribution is -0.385. The fourth-order valence-corrected chi connectivity index (χ4v) is 2.54. The van der Waals surface area contributed by atoms with Crippen LogP contribution in [0.3, 0.4) is 0 Å². The van der Waals surface area contributed by atoms with Gasteiger partial charge in [-0.2, -0.15) is 0 Å². The third-order valence-electron chi connectivity index (χ3n) is 2.30. The van der Waals surface area contributed by atoms with Crippen molar-refractivity contribution in [1.82, 2.24) is 0 Å². The van der Waals surface area contributed by atoms with Gasteiger partial charge in [0, 0.05) is 20.3 Å². The Balaban J connectivity index is 3.25. The molecule has 0 fully saturated rings. The Morgan fingerprint density at radius 2 is 1.88 bits per heavy atom. The van der Waals surface area contributed by atoms with Gasteiger partial charge >= 0.3 is 7.60 Å². The molecule has 94 valence electrons. The molecule has 1 aromatic rings. The number of hydrogen-bond donors (Lipinski definition) is 1. The molecule has 2 N–H and O–H groups in total. The average Bonchev–Trinajstić information content (AvgIpc) is 2.36. The molecule has 1 aromatic carbocycles. The molecule has 0 saturated heterocycles. The molecule has 1 unspecified atom stereocenters. The van der Waals surface area contributed by atoms with Gasteiger partial charge in [-0.15, -0.1) is 0 Å². The number of nitro benzene ring substituents is 1. The highest BCUT2D eigenvalue weighted by molar-refractivity contribution is 7.54. The normalized spacial score (nSPS) is 13.4. The van der Waals surface area contributed by atoms with E-state index in [1.807, 2.05) is 0 Å². The summed E-state index contributed by atoms with van der Waals surface area (Å²) in [5.74, 6) is -1.20. The number of nitro groups is 1. The summed E-state index contributed by atoms with van der Waals surface area (Å²) in [6.07, 6.45) is 0. The van der Waals surface area contributed by atoms with E-state index < -0.39 is 18.3 Å². The van der Waals surface area contributed by atoms with Crippen molar-refractivity contribution in [2.75, 3.05) is 14.2 Å². The molecule has 0 aliphatic heterocycles. The van der Waals surface area contributed by atoms with Crippen LogP contribution in [0.1, 0.15) is 11.3 Å². The zero-order valence-electron chi connectivity index (χ0n) is 9.40. The third-order valence-corrected chi connectivity index (χ3v) is 4.28. The second-order valence-corrected chi connectivity index (χ2v) is 5.53. The summed E-state index contributed by atoms with van der Waals surface area (Å²) >= 11 is 0. The van der Waals surface area contributed by atoms with Crippen LogP contribution in [0.5, 0.6) is 0 Å². The molecule has 0 aliphatic rings. The molecule has 0 aromatic heterocycles. The number of benzene rings is 1. The Morgan fingerprint density at radius 1 is 1.35 bits per heavy atom. The lowest BCUT2D eigenvalue weighted by Crippen LogP contribution is -2.14. The van der Waals surface area contributed by atoms with E-state index in [0.717, 1.165) is 0 Å². The summed E-state index contributed by atoms with van der Waals surface area (Å²) in [5.41, 5.74) is 5.62. The van der Waals surface area contributed by atoms with Crippen LogP contribution in [-0.2, 0) is 13.6 Å². The first kappa shape index (κ1) is 13.8. The Hall–Kier alpha value is -1.27. The van der Waals surface area contributed by atoms with E-state index in [1.165, 1.54) is 32.4 Å². The maximum Gasteiger partial charge on any atom is 0.351 e. The molecular weight excluding hydrogens is 247 g/mol. The van der Waals surface area contributed by atoms with Crippen molar-refractivity contribution in [2.24, 2.45) is 5.73 Å². The maximum absolute atomic E-state index is 12.0. The van der Waals surface area contributed by atoms with Crippen molar-refractivity contribution in [2.45, 2.75) is 5.78 Å². The average molecular weight is 260 g/mol. The number of para-hydroxylation sites is 1. The summed E-state index contributed by atoms with van der Waals surface area (Å²) in [4.78, 5) is 10.2. The Labute approximate surface area is 98.2 Å². The van der Waals surface area contributed by atoms with Crippen molar-refractivity contribution in [1.29, 1.82) is 0 Å². The number of nitrogens with two attached hydrogens (primary N) is 1. The van der Waals surface area contributed by atoms with Gasteiger partial charge in [0.2, 0.25) is 0 Å². The second-order valence-electron chi connectivity index (χ2n) is 3.17. The minimum Gasteiger partial charge on any atom is -0.314 e. The smallest absolute Gasteiger partial charge is 0.314 e. The minimum atomic E-state index is -3.59. The predicted molar refractivity (Wildman–Crippen MR) is 61.6 cm³/mol. The van der Waals surface area contributed by atoms with E-state index in [-0.39, 0.29) is 11.3 Å². The third kappa shape index (κ3) is 2.70. The van der Waals surface area contributed by atoms with E-state index >= 15 is 0 Å². The number of hydrogen-bond acceptors (Lipinski definition) is 6. The molecule has 0 aliphatic carbocycles. The molecule has 0 bridgehead atoms. The molecule has 17 heavy (non-hydrogen) atoms. The Morgan fingerprint density at radius 3 is 2.35 bits per heavy atom. The Bertz CT molecular complexity index is 456. The monoisotopic (exact) mass is 260 g/mol. The lowest BCUT2D eigenvalue weighted by Gasteiger charge is -2.20. The molecule has 7 nitrogen and oxygen atoms in total. The highest BCUT2D eigenvalue weighted by Gasteiger charge is 2.36. The van der Waals surface area contributed by atoms with Gasteiger partial charge in [-0.05, 0) is 6.07 Å². The van der Waals surface area contributed by atoms with E-state index in [1.54, 1.807) is 6.07 Å². The molecule has 0 amide bonds. The zero-order valence-corrected chi connectivity index (χ0v) is 10.3. The quantitative estimate of drug-likeness (QED) is 0.493. The van der Waals surface area contributed by atoms with E-state index in [4.69, 9.17) is 14.8 Å². The molecule has 0 saturated carbocycles. The lowest BCUT2D eigenvalue weighted by atomic mass is 10.2. The second kappa shape index (κ2) is 5.37. The van der Waals surface area contributed by atoms with Gasteiger partial charge < -0.3 is 14.8 Å². The van der Waals surface area contributed by atoms with Crippen molar-refractivity contribution >= 4 is 13.3 Å². The van der Waals surface area contributed by atoms with Crippen LogP contribution < -0.4 is 5.73 Å². The summed E-state index contributed by atoms with van der Waals surface area (Å²) < 4.78 is 21.5. The van der Waals surface area contributed by atoms with Crippen LogP contribution in [0, 0.1) is 10.1 Å². The largest absolute Gasteiger partial charge is 0.351 e. The van der Waals surface area contributed by atoms with E-state index in [2.05, 4.69) is 0 Å². The SMILES string of the molecule is COP(=O)(OC)C(N)c1ccccc1[N+](=O)[O-]. The van der Waals surface area contributed by atoms with Crippen LogP contribution in [0.25, 0.3) is 0 Å². The van der Waals surface area contributed by atoms with Gasteiger partial charge in [-0.1, -0.05) is 12.1 Å². The topological polar surface area (TPSA) is 105 Å². The fourth-order valence-electron chi connectivity index (χ4n) is 1.38. The van der Waals surface area contributed by atoms with Gasteiger partial charge in [0.25, 0.3) is 5.69 Å². The highest BCUT2D eigenvalue weighted by Crippen LogP contribution is 2.58. The molecule has 1 atom stereocenters. The molecule has 0 radical (unpaired) electrons. The summed E-state index contributed by atoms with van der Waals surface area (Å²) in [5, 5.41) is 10.8. The fraction of sp³-hybridized carbons (Fsp3) is 0.333. The van der Waals surface area contributed by atoms with Crippen LogP contribution in [0.15, 0.2) is 24.3 Å². The van der Waals surface area contributed by atoms with Crippen LogP contribution in [-0.4, -0.2) is 19.1 Å². The minimum absolute atomic E-state index is 0.115. The van der Waals surface area contributed by atoms with Gasteiger partial charge in [0.15, 0.2) is 0 Å². The Kier molecular flexibility index (Phi) is 4.36. The van der Waals surface area contributed by atoms with E-state index in [0.29, 0.717) is 0 Å². The van der Waals surface area contributed by atoms with Crippen LogP contribution >= 0.6 is 7.60 Å². The predicted octanol–water partition coefficient (Wildman–Crippen LogP) is 2.04. The summed E-state index contributed by atoms with van der Waals surface area (Å²) in [7, 11) is -1.23. The highest BCUT2D eigenvalue weighted by atomic mass is 31.2. The first-order valence-corrected chi connectivity index (χ1v) is 6.27.